The van der Waals surface area contributed by atoms with Gasteiger partial charge in [0.25, 0.3) is 5.92 Å². The number of rotatable bonds is 10. The summed E-state index contributed by atoms with van der Waals surface area (Å²) >= 11 is 0. The highest BCUT2D eigenvalue weighted by Crippen LogP contribution is 2.43. The maximum Gasteiger partial charge on any atom is 0.387 e. The molecule has 2 saturated heterocycles. The molecule has 0 aromatic heterocycles. The molecule has 2 N–H and O–H groups in total. The molecular weight excluding hydrogens is 518 g/mol. The third kappa shape index (κ3) is 6.24. The van der Waals surface area contributed by atoms with E-state index in [0.717, 1.165) is 38.1 Å². The Balaban J connectivity index is 1.21. The number of likely N-dealkylation sites (tertiary alicyclic amines) is 2. The van der Waals surface area contributed by atoms with Crippen LogP contribution in [-0.2, 0) is 10.7 Å². The standard InChI is InChI=1S/C27H33F4N5O3/c28-23(29)39-21-4-2-1-3-19(21)27(30,31)8-7-20(22(37)34-26(15-32)9-10-26)33-24(38)36-16-25(17-36)11-13-35(14-12-25)18-5-6-18/h1-4,18,20,23H,5-14,16-17H2,(H,33,38)(H,34,37)/t20-/m0/s1. The van der Waals surface area contributed by atoms with Gasteiger partial charge in [-0.25, -0.2) is 13.6 Å². The van der Waals surface area contributed by atoms with Gasteiger partial charge in [-0.3, -0.25) is 4.79 Å². The van der Waals surface area contributed by atoms with Gasteiger partial charge in [-0.1, -0.05) is 12.1 Å². The molecule has 0 bridgehead atoms. The number of alkyl halides is 4. The second kappa shape index (κ2) is 10.5. The molecule has 0 radical (unpaired) electrons. The van der Waals surface area contributed by atoms with Gasteiger partial charge in [0, 0.05) is 31.0 Å². The first kappa shape index (κ1) is 27.5. The minimum atomic E-state index is -3.61. The lowest BCUT2D eigenvalue weighted by Gasteiger charge is -2.54. The van der Waals surface area contributed by atoms with Gasteiger partial charge in [-0.2, -0.15) is 14.0 Å². The van der Waals surface area contributed by atoms with E-state index in [2.05, 4.69) is 20.3 Å². The molecule has 8 nitrogen and oxygen atoms in total. The fourth-order valence-corrected chi connectivity index (χ4v) is 5.68. The first-order valence-corrected chi connectivity index (χ1v) is 13.5. The molecule has 212 valence electrons. The van der Waals surface area contributed by atoms with E-state index in [1.54, 1.807) is 4.90 Å². The van der Waals surface area contributed by atoms with Crippen molar-refractivity contribution in [1.29, 1.82) is 5.26 Å². The fourth-order valence-electron chi connectivity index (χ4n) is 5.68. The van der Waals surface area contributed by atoms with Gasteiger partial charge in [0.1, 0.15) is 17.3 Å². The van der Waals surface area contributed by atoms with Crippen LogP contribution in [0.4, 0.5) is 22.4 Å². The van der Waals surface area contributed by atoms with Gasteiger partial charge in [0.2, 0.25) is 5.91 Å². The zero-order valence-electron chi connectivity index (χ0n) is 21.6. The molecule has 4 aliphatic rings. The third-order valence-electron chi connectivity index (χ3n) is 8.45. The molecule has 12 heteroatoms. The van der Waals surface area contributed by atoms with Crippen molar-refractivity contribution in [1.82, 2.24) is 20.4 Å². The van der Waals surface area contributed by atoms with Crippen molar-refractivity contribution in [3.05, 3.63) is 29.8 Å². The summed E-state index contributed by atoms with van der Waals surface area (Å²) in [7, 11) is 0. The van der Waals surface area contributed by atoms with Gasteiger partial charge in [-0.05, 0) is 70.2 Å². The Morgan fingerprint density at radius 3 is 2.38 bits per heavy atom. The summed E-state index contributed by atoms with van der Waals surface area (Å²) in [5, 5.41) is 14.5. The molecule has 2 aliphatic carbocycles. The lowest BCUT2D eigenvalue weighted by atomic mass is 9.72. The van der Waals surface area contributed by atoms with E-state index in [1.165, 1.54) is 25.0 Å². The highest BCUT2D eigenvalue weighted by molar-refractivity contribution is 5.88. The summed E-state index contributed by atoms with van der Waals surface area (Å²) in [6.07, 6.45) is 4.00. The molecule has 39 heavy (non-hydrogen) atoms. The van der Waals surface area contributed by atoms with Crippen LogP contribution in [-0.4, -0.2) is 72.2 Å². The number of amides is 3. The number of carbonyl (C=O) groups excluding carboxylic acids is 2. The van der Waals surface area contributed by atoms with Crippen LogP contribution >= 0.6 is 0 Å². The number of nitriles is 1. The number of para-hydroxylation sites is 1. The molecule has 2 aliphatic heterocycles. The highest BCUT2D eigenvalue weighted by atomic mass is 19.3. The number of benzene rings is 1. The molecule has 3 amide bonds. The number of nitrogens with zero attached hydrogens (tertiary/aromatic N) is 3. The molecular formula is C27H33F4N5O3. The van der Waals surface area contributed by atoms with Gasteiger partial charge >= 0.3 is 12.6 Å². The van der Waals surface area contributed by atoms with Crippen molar-refractivity contribution >= 4 is 11.9 Å². The predicted molar refractivity (Wildman–Crippen MR) is 132 cm³/mol. The zero-order valence-corrected chi connectivity index (χ0v) is 21.6. The number of carbonyl (C=O) groups is 2. The summed E-state index contributed by atoms with van der Waals surface area (Å²) in [5.41, 5.74) is -1.72. The second-order valence-electron chi connectivity index (χ2n) is 11.4. The molecule has 5 rings (SSSR count). The SMILES string of the molecule is N#CC1(NC(=O)[C@H](CCC(F)(F)c2ccccc2OC(F)F)NC(=O)N2CC3(CCN(C4CC4)CC3)C2)CC1. The van der Waals surface area contributed by atoms with Crippen LogP contribution in [0.3, 0.4) is 0 Å². The Hall–Kier alpha value is -3.07. The predicted octanol–water partition coefficient (Wildman–Crippen LogP) is 3.97. The van der Waals surface area contributed by atoms with Crippen LogP contribution in [0.2, 0.25) is 0 Å². The minimum Gasteiger partial charge on any atom is -0.434 e. The Morgan fingerprint density at radius 1 is 1.13 bits per heavy atom. The lowest BCUT2D eigenvalue weighted by Crippen LogP contribution is -2.65. The molecule has 1 aromatic carbocycles. The van der Waals surface area contributed by atoms with Crippen LogP contribution in [0.15, 0.2) is 24.3 Å². The summed E-state index contributed by atoms with van der Waals surface area (Å²) in [6, 6.07) is 5.49. The van der Waals surface area contributed by atoms with Crippen molar-refractivity contribution in [3.8, 4) is 11.8 Å². The van der Waals surface area contributed by atoms with E-state index in [4.69, 9.17) is 0 Å². The second-order valence-corrected chi connectivity index (χ2v) is 11.4. The first-order valence-electron chi connectivity index (χ1n) is 13.5. The minimum absolute atomic E-state index is 0.0564. The molecule has 2 saturated carbocycles. The van der Waals surface area contributed by atoms with E-state index in [0.29, 0.717) is 32.0 Å². The molecule has 1 spiro atoms. The Kier molecular flexibility index (Phi) is 7.39. The highest BCUT2D eigenvalue weighted by Gasteiger charge is 2.50. The van der Waals surface area contributed by atoms with Crippen molar-refractivity contribution in [2.75, 3.05) is 26.2 Å². The maximum absolute atomic E-state index is 15.2. The number of ether oxygens (including phenoxy) is 1. The lowest BCUT2D eigenvalue weighted by molar-refractivity contribution is -0.124. The fraction of sp³-hybridized carbons (Fsp3) is 0.667. The van der Waals surface area contributed by atoms with E-state index < -0.39 is 60.2 Å². The Labute approximate surface area is 224 Å². The topological polar surface area (TPSA) is 97.7 Å². The van der Waals surface area contributed by atoms with Gasteiger partial charge in [0.15, 0.2) is 0 Å². The van der Waals surface area contributed by atoms with Gasteiger partial charge in [-0.15, -0.1) is 0 Å². The van der Waals surface area contributed by atoms with E-state index in [-0.39, 0.29) is 5.41 Å². The summed E-state index contributed by atoms with van der Waals surface area (Å²) in [4.78, 5) is 30.2. The largest absolute Gasteiger partial charge is 0.434 e. The van der Waals surface area contributed by atoms with E-state index in [9.17, 15) is 23.6 Å². The van der Waals surface area contributed by atoms with Crippen LogP contribution in [0.1, 0.15) is 56.9 Å². The first-order chi connectivity index (χ1) is 18.5. The van der Waals surface area contributed by atoms with Crippen LogP contribution in [0.5, 0.6) is 5.75 Å². The number of urea groups is 1. The van der Waals surface area contributed by atoms with E-state index in [1.807, 2.05) is 6.07 Å². The number of nitrogens with one attached hydrogen (secondary N) is 2. The van der Waals surface area contributed by atoms with E-state index >= 15 is 8.78 Å². The third-order valence-corrected chi connectivity index (χ3v) is 8.45. The average molecular weight is 552 g/mol. The van der Waals surface area contributed by atoms with Crippen molar-refractivity contribution in [2.24, 2.45) is 5.41 Å². The summed E-state index contributed by atoms with van der Waals surface area (Å²) < 4.78 is 60.1. The van der Waals surface area contributed by atoms with Gasteiger partial charge < -0.3 is 25.2 Å². The van der Waals surface area contributed by atoms with Crippen molar-refractivity contribution in [2.45, 2.75) is 81.5 Å². The van der Waals surface area contributed by atoms with Crippen molar-refractivity contribution < 1.29 is 31.9 Å². The number of piperidine rings is 1. The monoisotopic (exact) mass is 551 g/mol. The molecule has 2 heterocycles. The number of hydrogen-bond acceptors (Lipinski definition) is 5. The summed E-state index contributed by atoms with van der Waals surface area (Å²) in [5.74, 6) is -4.98. The number of hydrogen-bond donors (Lipinski definition) is 2. The van der Waals surface area contributed by atoms with Crippen LogP contribution in [0, 0.1) is 16.7 Å². The molecule has 1 aromatic rings. The van der Waals surface area contributed by atoms with Gasteiger partial charge in [0.05, 0.1) is 11.6 Å². The molecule has 4 fully saturated rings. The quantitative estimate of drug-likeness (QED) is 0.429. The Morgan fingerprint density at radius 2 is 1.79 bits per heavy atom. The molecule has 1 atom stereocenters. The molecule has 0 unspecified atom stereocenters. The van der Waals surface area contributed by atoms with Crippen LogP contribution in [0.25, 0.3) is 0 Å². The summed E-state index contributed by atoms with van der Waals surface area (Å²) in [6.45, 7) is -0.174. The smallest absolute Gasteiger partial charge is 0.387 e. The number of halogens is 4. The normalized spacial score (nSPS) is 22.5. The Bertz CT molecular complexity index is 1120. The zero-order chi connectivity index (χ0) is 27.8. The van der Waals surface area contributed by atoms with Crippen molar-refractivity contribution in [3.63, 3.8) is 0 Å². The average Bonchev–Trinajstić information content (AvgIpc) is 3.81. The maximum atomic E-state index is 15.2. The van der Waals surface area contributed by atoms with Crippen LogP contribution < -0.4 is 15.4 Å².